The monoisotopic (exact) mass is 723 g/mol. The Hall–Kier alpha value is -6.71. The molecule has 8 aromatic carbocycles. The van der Waals surface area contributed by atoms with Gasteiger partial charge in [-0.1, -0.05) is 154 Å². The number of anilines is 3. The first-order valence-electron chi connectivity index (χ1n) is 19.4. The predicted molar refractivity (Wildman–Crippen MR) is 229 cm³/mol. The summed E-state index contributed by atoms with van der Waals surface area (Å²) in [6, 6.07) is 61.4. The molecule has 0 radical (unpaired) electrons. The fourth-order valence-electron chi connectivity index (χ4n) is 9.65. The molecule has 0 atom stereocenters. The Bertz CT molecular complexity index is 2980. The van der Waals surface area contributed by atoms with E-state index in [1.807, 2.05) is 48.5 Å². The summed E-state index contributed by atoms with van der Waals surface area (Å²) in [5, 5.41) is 2.02. The van der Waals surface area contributed by atoms with Crippen molar-refractivity contribution in [3.8, 4) is 33.4 Å². The zero-order valence-electron chi connectivity index (χ0n) is 31.5. The van der Waals surface area contributed by atoms with Crippen LogP contribution in [0.15, 0.2) is 180 Å². The summed E-state index contributed by atoms with van der Waals surface area (Å²) in [5.41, 5.74) is 16.0. The predicted octanol–water partition coefficient (Wildman–Crippen LogP) is 14.5. The number of benzene rings is 8. The maximum absolute atomic E-state index is 16.5. The topological polar surface area (TPSA) is 16.4 Å². The Balaban J connectivity index is 1.26. The molecule has 1 aromatic heterocycles. The van der Waals surface area contributed by atoms with Crippen molar-refractivity contribution in [2.45, 2.75) is 31.6 Å². The third kappa shape index (κ3) is 4.49. The van der Waals surface area contributed by atoms with Crippen LogP contribution >= 0.6 is 0 Å². The Labute approximate surface area is 326 Å². The third-order valence-corrected chi connectivity index (χ3v) is 12.1. The first kappa shape index (κ1) is 32.7. The molecule has 2 nitrogen and oxygen atoms in total. The molecule has 0 N–H and O–H groups in total. The van der Waals surface area contributed by atoms with E-state index in [1.165, 1.54) is 38.9 Å². The number of nitrogens with zero attached hydrogens (tertiary/aromatic N) is 1. The quantitative estimate of drug-likeness (QED) is 0.180. The van der Waals surface area contributed by atoms with E-state index in [4.69, 9.17) is 4.42 Å². The average molecular weight is 724 g/mol. The van der Waals surface area contributed by atoms with Gasteiger partial charge in [0.1, 0.15) is 17.0 Å². The molecule has 0 fully saturated rings. The van der Waals surface area contributed by atoms with E-state index in [0.717, 1.165) is 55.7 Å². The van der Waals surface area contributed by atoms with Crippen LogP contribution in [0.25, 0.3) is 55.3 Å². The van der Waals surface area contributed by atoms with Crippen molar-refractivity contribution in [1.82, 2.24) is 0 Å². The summed E-state index contributed by atoms with van der Waals surface area (Å²) < 4.78 is 23.7. The second-order valence-corrected chi connectivity index (χ2v) is 16.2. The largest absolute Gasteiger partial charge is 0.456 e. The van der Waals surface area contributed by atoms with Crippen LogP contribution < -0.4 is 4.90 Å². The Morgan fingerprint density at radius 1 is 0.518 bits per heavy atom. The highest BCUT2D eigenvalue weighted by atomic mass is 19.1. The van der Waals surface area contributed by atoms with Gasteiger partial charge in [-0.2, -0.15) is 0 Å². The zero-order valence-corrected chi connectivity index (χ0v) is 31.5. The molecule has 9 aromatic rings. The molecule has 268 valence electrons. The number of hydrogen-bond donors (Lipinski definition) is 0. The van der Waals surface area contributed by atoms with Crippen LogP contribution in [0.2, 0.25) is 0 Å². The molecule has 56 heavy (non-hydrogen) atoms. The van der Waals surface area contributed by atoms with Gasteiger partial charge in [0.25, 0.3) is 0 Å². The van der Waals surface area contributed by atoms with Gasteiger partial charge in [0.2, 0.25) is 0 Å². The van der Waals surface area contributed by atoms with Gasteiger partial charge in [-0.05, 0) is 98.0 Å². The summed E-state index contributed by atoms with van der Waals surface area (Å²) in [6.45, 7) is 6.68. The van der Waals surface area contributed by atoms with Crippen LogP contribution in [0.1, 0.15) is 48.6 Å². The van der Waals surface area contributed by atoms with Crippen LogP contribution in [-0.4, -0.2) is 0 Å². The number of fused-ring (bicyclic) bond motifs is 14. The van der Waals surface area contributed by atoms with E-state index in [-0.39, 0.29) is 11.2 Å². The van der Waals surface area contributed by atoms with Crippen molar-refractivity contribution in [2.75, 3.05) is 4.90 Å². The summed E-state index contributed by atoms with van der Waals surface area (Å²) in [6.07, 6.45) is 0. The van der Waals surface area contributed by atoms with E-state index in [0.29, 0.717) is 5.56 Å². The number of halogens is 1. The maximum atomic E-state index is 16.5. The number of rotatable bonds is 4. The van der Waals surface area contributed by atoms with Crippen molar-refractivity contribution < 1.29 is 8.81 Å². The van der Waals surface area contributed by atoms with Crippen molar-refractivity contribution in [2.24, 2.45) is 0 Å². The fourth-order valence-corrected chi connectivity index (χ4v) is 9.65. The van der Waals surface area contributed by atoms with Gasteiger partial charge in [0, 0.05) is 27.9 Å². The molecular formula is C53H38FNO. The van der Waals surface area contributed by atoms with Gasteiger partial charge in [0.15, 0.2) is 0 Å². The molecule has 0 saturated heterocycles. The Morgan fingerprint density at radius 2 is 1.07 bits per heavy atom. The zero-order chi connectivity index (χ0) is 37.8. The lowest BCUT2D eigenvalue weighted by atomic mass is 9.70. The van der Waals surface area contributed by atoms with Gasteiger partial charge >= 0.3 is 0 Å². The average Bonchev–Trinajstić information content (AvgIpc) is 3.86. The number of furan rings is 1. The molecule has 0 unspecified atom stereocenters. The second kappa shape index (κ2) is 11.9. The number of para-hydroxylation sites is 1. The van der Waals surface area contributed by atoms with Gasteiger partial charge in [-0.25, -0.2) is 4.39 Å². The van der Waals surface area contributed by atoms with E-state index >= 15 is 4.39 Å². The molecule has 0 saturated carbocycles. The van der Waals surface area contributed by atoms with Crippen LogP contribution in [-0.2, 0) is 10.8 Å². The van der Waals surface area contributed by atoms with E-state index in [2.05, 4.69) is 147 Å². The maximum Gasteiger partial charge on any atom is 0.142 e. The summed E-state index contributed by atoms with van der Waals surface area (Å²) in [7, 11) is 0. The smallest absolute Gasteiger partial charge is 0.142 e. The second-order valence-electron chi connectivity index (χ2n) is 16.2. The minimum atomic E-state index is -0.591. The lowest BCUT2D eigenvalue weighted by Crippen LogP contribution is -2.26. The minimum absolute atomic E-state index is 0.0275. The highest BCUT2D eigenvalue weighted by molar-refractivity contribution is 6.18. The molecule has 1 spiro atoms. The molecule has 11 rings (SSSR count). The lowest BCUT2D eigenvalue weighted by Gasteiger charge is -2.32. The third-order valence-electron chi connectivity index (χ3n) is 12.1. The highest BCUT2D eigenvalue weighted by Gasteiger charge is 2.53. The van der Waals surface area contributed by atoms with E-state index in [1.54, 1.807) is 6.07 Å². The van der Waals surface area contributed by atoms with E-state index in [9.17, 15) is 0 Å². The normalized spacial score (nSPS) is 13.5. The molecule has 2 aliphatic carbocycles. The highest BCUT2D eigenvalue weighted by Crippen LogP contribution is 2.65. The van der Waals surface area contributed by atoms with Crippen molar-refractivity contribution in [3.63, 3.8) is 0 Å². The summed E-state index contributed by atoms with van der Waals surface area (Å²) >= 11 is 0. The van der Waals surface area contributed by atoms with Crippen molar-refractivity contribution in [3.05, 3.63) is 210 Å². The number of hydrogen-bond acceptors (Lipinski definition) is 2. The van der Waals surface area contributed by atoms with Crippen LogP contribution in [0.4, 0.5) is 21.5 Å². The molecule has 3 heteroatoms. The fraction of sp³-hybridized carbons (Fsp3) is 0.0943. The minimum Gasteiger partial charge on any atom is -0.456 e. The SMILES string of the molecule is CC(C)(C)c1ccc(N(c2ccc(-c3ccccc3)c(F)c2)c2cc3c(c4oc5ccccc5c24)C2(c4ccccc4-c4ccccc42)c2ccccc2-3)cc1. The molecule has 0 amide bonds. The van der Waals surface area contributed by atoms with Gasteiger partial charge in [0.05, 0.1) is 16.5 Å². The Kier molecular flexibility index (Phi) is 6.94. The van der Waals surface area contributed by atoms with Gasteiger partial charge in [-0.3, -0.25) is 0 Å². The molecule has 2 aliphatic rings. The molecule has 0 aliphatic heterocycles. The molecule has 1 heterocycles. The summed E-state index contributed by atoms with van der Waals surface area (Å²) in [5.74, 6) is -0.275. The molecule has 0 bridgehead atoms. The van der Waals surface area contributed by atoms with E-state index < -0.39 is 5.41 Å². The lowest BCUT2D eigenvalue weighted by molar-refractivity contribution is 0.590. The van der Waals surface area contributed by atoms with Crippen molar-refractivity contribution >= 4 is 39.0 Å². The first-order valence-corrected chi connectivity index (χ1v) is 19.4. The van der Waals surface area contributed by atoms with Crippen LogP contribution in [0.5, 0.6) is 0 Å². The first-order chi connectivity index (χ1) is 27.3. The van der Waals surface area contributed by atoms with Gasteiger partial charge < -0.3 is 9.32 Å². The van der Waals surface area contributed by atoms with Gasteiger partial charge in [-0.15, -0.1) is 0 Å². The standard InChI is InChI=1S/C53H38FNO/c1-52(2,3)34-25-27-35(28-26-34)55(36-29-30-37(46(54)31-36)33-15-5-4-6-16-33)47-32-42-40-19-9-13-23-45(40)53(50(42)51-49(47)41-20-10-14-24-48(41)56-51)43-21-11-7-17-38(43)39-18-8-12-22-44(39)53/h4-32H,1-3H3. The Morgan fingerprint density at radius 3 is 1.70 bits per heavy atom. The van der Waals surface area contributed by atoms with Crippen molar-refractivity contribution in [1.29, 1.82) is 0 Å². The molecular weight excluding hydrogens is 686 g/mol. The summed E-state index contributed by atoms with van der Waals surface area (Å²) in [4.78, 5) is 2.22. The van der Waals surface area contributed by atoms with Crippen LogP contribution in [0.3, 0.4) is 0 Å². The van der Waals surface area contributed by atoms with Crippen LogP contribution in [0, 0.1) is 5.82 Å².